The fraction of sp³-hybridized carbons (Fsp3) is 0.714. The molecule has 36 heavy (non-hydrogen) atoms. The second-order valence-corrected chi connectivity index (χ2v) is 10.6. The molecule has 5 nitrogen and oxygen atoms in total. The predicted molar refractivity (Wildman–Crippen MR) is 133 cm³/mol. The van der Waals surface area contributed by atoms with Crippen molar-refractivity contribution in [2.75, 3.05) is 19.6 Å². The maximum Gasteiger partial charge on any atom is 0.425 e. The van der Waals surface area contributed by atoms with Gasteiger partial charge in [-0.1, -0.05) is 27.2 Å². The van der Waals surface area contributed by atoms with E-state index in [2.05, 4.69) is 11.8 Å². The number of nitrogens with zero attached hydrogens (tertiary/aromatic N) is 1. The number of benzene rings is 1. The molecule has 2 aliphatic rings. The van der Waals surface area contributed by atoms with Crippen LogP contribution in [0.25, 0.3) is 0 Å². The van der Waals surface area contributed by atoms with Crippen LogP contribution in [0.2, 0.25) is 0 Å². The number of ketones is 1. The van der Waals surface area contributed by atoms with E-state index in [9.17, 15) is 22.8 Å². The van der Waals surface area contributed by atoms with E-state index in [-0.39, 0.29) is 35.0 Å². The molecule has 1 aliphatic carbocycles. The van der Waals surface area contributed by atoms with Gasteiger partial charge in [-0.3, -0.25) is 9.59 Å². The minimum atomic E-state index is -4.53. The van der Waals surface area contributed by atoms with Crippen molar-refractivity contribution in [3.05, 3.63) is 29.3 Å². The number of aldehydes is 1. The van der Waals surface area contributed by atoms with Crippen molar-refractivity contribution in [1.82, 2.24) is 4.90 Å². The minimum Gasteiger partial charge on any atom is -0.481 e. The first-order valence-electron chi connectivity index (χ1n) is 13.3. The number of Topliss-reactive ketones (excluding diaryl/α,β-unsaturated/α-hetero) is 1. The molecule has 0 aromatic heterocycles. The quantitative estimate of drug-likeness (QED) is 0.172. The number of carbonyl (C=O) groups is 2. The Hall–Kier alpha value is -1.93. The van der Waals surface area contributed by atoms with Crippen molar-refractivity contribution in [3.8, 4) is 5.75 Å². The molecule has 1 aliphatic heterocycles. The number of hydrogen-bond acceptors (Lipinski definition) is 5. The highest BCUT2D eigenvalue weighted by atomic mass is 19.4. The van der Waals surface area contributed by atoms with Gasteiger partial charge in [0.15, 0.2) is 18.2 Å². The molecule has 1 saturated carbocycles. The number of likely N-dealkylation sites (tertiary alicyclic amines) is 1. The molecule has 0 N–H and O–H groups in total. The Morgan fingerprint density at radius 2 is 1.83 bits per heavy atom. The maximum atomic E-state index is 13.7. The Bertz CT molecular complexity index is 859. The Labute approximate surface area is 212 Å². The van der Waals surface area contributed by atoms with Gasteiger partial charge >= 0.3 is 6.18 Å². The molecule has 1 aromatic carbocycles. The van der Waals surface area contributed by atoms with Gasteiger partial charge in [0, 0.05) is 30.1 Å². The second-order valence-electron chi connectivity index (χ2n) is 10.6. The average molecular weight is 512 g/mol. The zero-order valence-electron chi connectivity index (χ0n) is 21.7. The van der Waals surface area contributed by atoms with Crippen LogP contribution in [0.1, 0.15) is 92.9 Å². The van der Waals surface area contributed by atoms with Crippen molar-refractivity contribution >= 4 is 12.1 Å². The van der Waals surface area contributed by atoms with Crippen LogP contribution in [0.15, 0.2) is 18.2 Å². The molecule has 1 heterocycles. The second kappa shape index (κ2) is 13.0. The molecule has 3 rings (SSSR count). The zero-order chi connectivity index (χ0) is 26.3. The highest BCUT2D eigenvalue weighted by Crippen LogP contribution is 2.34. The zero-order valence-corrected chi connectivity index (χ0v) is 21.7. The first kappa shape index (κ1) is 28.6. The molecule has 1 saturated heterocycles. The van der Waals surface area contributed by atoms with Gasteiger partial charge in [0.25, 0.3) is 0 Å². The van der Waals surface area contributed by atoms with E-state index in [0.717, 1.165) is 38.4 Å². The van der Waals surface area contributed by atoms with Gasteiger partial charge in [-0.05, 0) is 75.6 Å². The van der Waals surface area contributed by atoms with Crippen LogP contribution in [0.4, 0.5) is 13.2 Å². The van der Waals surface area contributed by atoms with E-state index in [1.165, 1.54) is 37.5 Å². The van der Waals surface area contributed by atoms with Crippen molar-refractivity contribution in [1.29, 1.82) is 0 Å². The number of alkyl halides is 3. The Kier molecular flexibility index (Phi) is 10.4. The summed E-state index contributed by atoms with van der Waals surface area (Å²) in [7, 11) is 0. The summed E-state index contributed by atoms with van der Waals surface area (Å²) in [6, 6.07) is 3.91. The lowest BCUT2D eigenvalue weighted by Gasteiger charge is -2.40. The van der Waals surface area contributed by atoms with Crippen molar-refractivity contribution in [2.45, 2.75) is 96.6 Å². The SMILES string of the molecule is CCC1CC(OC2CCN(CCCCC(Oc3ccc(C=O)c(C(=O)C(C)C)c3)C(F)(F)F)CC2)C1. The summed E-state index contributed by atoms with van der Waals surface area (Å²) in [5.41, 5.74) is 0.241. The van der Waals surface area contributed by atoms with Crippen LogP contribution in [0, 0.1) is 11.8 Å². The van der Waals surface area contributed by atoms with E-state index in [0.29, 0.717) is 31.3 Å². The van der Waals surface area contributed by atoms with Gasteiger partial charge in [0.2, 0.25) is 0 Å². The third-order valence-electron chi connectivity index (χ3n) is 7.46. The summed E-state index contributed by atoms with van der Waals surface area (Å²) in [5.74, 6) is 0.0735. The van der Waals surface area contributed by atoms with E-state index in [1.54, 1.807) is 13.8 Å². The lowest BCUT2D eigenvalue weighted by Crippen LogP contribution is -2.41. The fourth-order valence-corrected chi connectivity index (χ4v) is 5.01. The molecule has 0 bridgehead atoms. The Morgan fingerprint density at radius 3 is 2.42 bits per heavy atom. The summed E-state index contributed by atoms with van der Waals surface area (Å²) >= 11 is 0. The van der Waals surface area contributed by atoms with Crippen LogP contribution in [0.5, 0.6) is 5.75 Å². The molecule has 202 valence electrons. The highest BCUT2D eigenvalue weighted by molar-refractivity contribution is 6.04. The monoisotopic (exact) mass is 511 g/mol. The fourth-order valence-electron chi connectivity index (χ4n) is 5.01. The maximum absolute atomic E-state index is 13.7. The largest absolute Gasteiger partial charge is 0.481 e. The van der Waals surface area contributed by atoms with E-state index >= 15 is 0 Å². The Balaban J connectivity index is 1.44. The number of rotatable bonds is 13. The van der Waals surface area contributed by atoms with Crippen LogP contribution >= 0.6 is 0 Å². The lowest BCUT2D eigenvalue weighted by atomic mass is 9.80. The molecule has 1 aromatic rings. The third-order valence-corrected chi connectivity index (χ3v) is 7.46. The number of hydrogen-bond donors (Lipinski definition) is 0. The summed E-state index contributed by atoms with van der Waals surface area (Å²) < 4.78 is 52.5. The van der Waals surface area contributed by atoms with Crippen LogP contribution in [-0.2, 0) is 4.74 Å². The molecule has 8 heteroatoms. The molecule has 0 amide bonds. The first-order chi connectivity index (χ1) is 17.1. The average Bonchev–Trinajstić information content (AvgIpc) is 2.82. The van der Waals surface area contributed by atoms with Crippen molar-refractivity contribution < 1.29 is 32.2 Å². The molecule has 2 fully saturated rings. The standard InChI is InChI=1S/C28H40F3NO4/c1-4-20-15-24(16-20)35-22-10-13-32(14-11-22)12-6-5-7-26(28(29,30)31)36-23-9-8-21(18-33)25(17-23)27(34)19(2)3/h8-9,17-20,22,24,26H,4-7,10-16H2,1-3H3. The summed E-state index contributed by atoms with van der Waals surface area (Å²) in [6.07, 6.45) is 1.19. The molecule has 0 spiro atoms. The van der Waals surface area contributed by atoms with Crippen LogP contribution < -0.4 is 4.74 Å². The predicted octanol–water partition coefficient (Wildman–Crippen LogP) is 6.49. The van der Waals surface area contributed by atoms with Crippen molar-refractivity contribution in [3.63, 3.8) is 0 Å². The number of carbonyl (C=O) groups excluding carboxylic acids is 2. The summed E-state index contributed by atoms with van der Waals surface area (Å²) in [5, 5.41) is 0. The number of halogens is 3. The van der Waals surface area contributed by atoms with Gasteiger partial charge in [-0.25, -0.2) is 0 Å². The molecule has 1 atom stereocenters. The smallest absolute Gasteiger partial charge is 0.425 e. The van der Waals surface area contributed by atoms with Crippen LogP contribution in [-0.4, -0.2) is 61.1 Å². The van der Waals surface area contributed by atoms with Gasteiger partial charge in [0.1, 0.15) is 5.75 Å². The van der Waals surface area contributed by atoms with Gasteiger partial charge < -0.3 is 14.4 Å². The Morgan fingerprint density at radius 1 is 1.14 bits per heavy atom. The van der Waals surface area contributed by atoms with Crippen molar-refractivity contribution in [2.24, 2.45) is 11.8 Å². The molecule has 1 unspecified atom stereocenters. The number of unbranched alkanes of at least 4 members (excludes halogenated alkanes) is 1. The third kappa shape index (κ3) is 8.04. The van der Waals surface area contributed by atoms with E-state index in [4.69, 9.17) is 9.47 Å². The summed E-state index contributed by atoms with van der Waals surface area (Å²) in [4.78, 5) is 26.0. The van der Waals surface area contributed by atoms with Crippen LogP contribution in [0.3, 0.4) is 0 Å². The van der Waals surface area contributed by atoms with E-state index < -0.39 is 12.3 Å². The molecular weight excluding hydrogens is 471 g/mol. The topological polar surface area (TPSA) is 55.8 Å². The number of piperidine rings is 1. The van der Waals surface area contributed by atoms with Gasteiger partial charge in [0.05, 0.1) is 12.2 Å². The molecule has 0 radical (unpaired) electrons. The first-order valence-corrected chi connectivity index (χ1v) is 13.3. The normalized spacial score (nSPS) is 22.3. The van der Waals surface area contributed by atoms with Gasteiger partial charge in [-0.15, -0.1) is 0 Å². The molecular formula is C28H40F3NO4. The van der Waals surface area contributed by atoms with Gasteiger partial charge in [-0.2, -0.15) is 13.2 Å². The highest BCUT2D eigenvalue weighted by Gasteiger charge is 2.41. The lowest BCUT2D eigenvalue weighted by molar-refractivity contribution is -0.197. The van der Waals surface area contributed by atoms with E-state index in [1.807, 2.05) is 0 Å². The number of ether oxygens (including phenoxy) is 2. The minimum absolute atomic E-state index is 0.0503. The summed E-state index contributed by atoms with van der Waals surface area (Å²) in [6.45, 7) is 8.18.